The van der Waals surface area contributed by atoms with Gasteiger partial charge >= 0.3 is 0 Å². The van der Waals surface area contributed by atoms with Gasteiger partial charge in [0, 0.05) is 18.4 Å². The Kier molecular flexibility index (Phi) is 3.95. The summed E-state index contributed by atoms with van der Waals surface area (Å²) in [6, 6.07) is 10.6. The summed E-state index contributed by atoms with van der Waals surface area (Å²) in [5.74, 6) is 1.78. The van der Waals surface area contributed by atoms with E-state index in [9.17, 15) is 8.42 Å². The Hall–Kier alpha value is -1.75. The highest BCUT2D eigenvalue weighted by atomic mass is 32.2. The van der Waals surface area contributed by atoms with Gasteiger partial charge in [0.1, 0.15) is 11.5 Å². The molecule has 2 aromatic rings. The first kappa shape index (κ1) is 13.7. The van der Waals surface area contributed by atoms with Crippen molar-refractivity contribution in [2.45, 2.75) is 24.8 Å². The Labute approximate surface area is 113 Å². The molecule has 0 aliphatic carbocycles. The molecule has 5 heteroatoms. The van der Waals surface area contributed by atoms with Crippen LogP contribution in [0, 0.1) is 0 Å². The number of hydrogen-bond acceptors (Lipinski definition) is 4. The minimum absolute atomic E-state index is 0.311. The molecule has 4 nitrogen and oxygen atoms in total. The first-order chi connectivity index (χ1) is 8.99. The molecule has 2 rings (SSSR count). The molecular weight excluding hydrogens is 262 g/mol. The maximum Gasteiger partial charge on any atom is 0.175 e. The van der Waals surface area contributed by atoms with Crippen molar-refractivity contribution in [1.82, 2.24) is 0 Å². The zero-order valence-electron chi connectivity index (χ0n) is 11.0. The highest BCUT2D eigenvalue weighted by Gasteiger charge is 2.07. The molecule has 1 aromatic carbocycles. The van der Waals surface area contributed by atoms with Crippen molar-refractivity contribution in [3.63, 3.8) is 0 Å². The van der Waals surface area contributed by atoms with Crippen LogP contribution in [0.3, 0.4) is 0 Å². The van der Waals surface area contributed by atoms with E-state index in [1.54, 1.807) is 18.2 Å². The maximum absolute atomic E-state index is 11.5. The standard InChI is InChI=1S/C14H17NO3S/c1-3-12-7-8-13(18-12)10-15-11-5-4-6-14(9-11)19(2,16)17/h4-9,15H,3,10H2,1-2H3. The predicted molar refractivity (Wildman–Crippen MR) is 75.0 cm³/mol. The van der Waals surface area contributed by atoms with E-state index in [1.165, 1.54) is 6.26 Å². The number of furan rings is 1. The molecule has 0 aliphatic heterocycles. The van der Waals surface area contributed by atoms with Crippen LogP contribution in [0.1, 0.15) is 18.4 Å². The minimum atomic E-state index is -3.17. The Morgan fingerprint density at radius 2 is 1.89 bits per heavy atom. The third-order valence-electron chi connectivity index (χ3n) is 2.79. The Morgan fingerprint density at radius 1 is 1.16 bits per heavy atom. The second-order valence-corrected chi connectivity index (χ2v) is 6.39. The molecule has 0 fully saturated rings. The van der Waals surface area contributed by atoms with Gasteiger partial charge < -0.3 is 9.73 Å². The van der Waals surface area contributed by atoms with Crippen molar-refractivity contribution >= 4 is 15.5 Å². The smallest absolute Gasteiger partial charge is 0.175 e. The van der Waals surface area contributed by atoms with E-state index in [4.69, 9.17) is 4.42 Å². The highest BCUT2D eigenvalue weighted by Crippen LogP contribution is 2.17. The zero-order valence-corrected chi connectivity index (χ0v) is 11.8. The highest BCUT2D eigenvalue weighted by molar-refractivity contribution is 7.90. The van der Waals surface area contributed by atoms with Crippen molar-refractivity contribution in [3.8, 4) is 0 Å². The lowest BCUT2D eigenvalue weighted by molar-refractivity contribution is 0.476. The molecule has 0 amide bonds. The van der Waals surface area contributed by atoms with Gasteiger partial charge in [0.2, 0.25) is 0 Å². The number of anilines is 1. The van der Waals surface area contributed by atoms with Crippen LogP contribution in [0.2, 0.25) is 0 Å². The number of benzene rings is 1. The van der Waals surface area contributed by atoms with Crippen LogP contribution in [-0.4, -0.2) is 14.7 Å². The molecular formula is C14H17NO3S. The van der Waals surface area contributed by atoms with Gasteiger partial charge in [-0.05, 0) is 30.3 Å². The van der Waals surface area contributed by atoms with Gasteiger partial charge in [-0.3, -0.25) is 0 Å². The normalized spacial score (nSPS) is 11.5. The molecule has 1 N–H and O–H groups in total. The van der Waals surface area contributed by atoms with Gasteiger partial charge in [0.25, 0.3) is 0 Å². The van der Waals surface area contributed by atoms with E-state index in [2.05, 4.69) is 5.32 Å². The maximum atomic E-state index is 11.5. The third kappa shape index (κ3) is 3.61. The Bertz CT molecular complexity index is 659. The summed E-state index contributed by atoms with van der Waals surface area (Å²) in [5.41, 5.74) is 0.761. The number of sulfone groups is 1. The lowest BCUT2D eigenvalue weighted by atomic mass is 10.3. The molecule has 0 atom stereocenters. The van der Waals surface area contributed by atoms with E-state index in [1.807, 2.05) is 25.1 Å². The average Bonchev–Trinajstić information content (AvgIpc) is 2.84. The molecule has 0 saturated heterocycles. The minimum Gasteiger partial charge on any atom is -0.464 e. The van der Waals surface area contributed by atoms with Crippen LogP contribution in [0.4, 0.5) is 5.69 Å². The lowest BCUT2D eigenvalue weighted by Crippen LogP contribution is -2.01. The van der Waals surface area contributed by atoms with Crippen molar-refractivity contribution in [2.75, 3.05) is 11.6 Å². The number of rotatable bonds is 5. The van der Waals surface area contributed by atoms with Gasteiger partial charge in [0.05, 0.1) is 11.4 Å². The van der Waals surface area contributed by atoms with Gasteiger partial charge in [-0.25, -0.2) is 8.42 Å². The van der Waals surface area contributed by atoms with Gasteiger partial charge in [-0.1, -0.05) is 13.0 Å². The van der Waals surface area contributed by atoms with Crippen molar-refractivity contribution in [1.29, 1.82) is 0 Å². The third-order valence-corrected chi connectivity index (χ3v) is 3.90. The second-order valence-electron chi connectivity index (χ2n) is 4.38. The summed E-state index contributed by atoms with van der Waals surface area (Å²) in [6.45, 7) is 2.57. The van der Waals surface area contributed by atoms with Gasteiger partial charge in [-0.2, -0.15) is 0 Å². The van der Waals surface area contributed by atoms with Crippen molar-refractivity contribution in [2.24, 2.45) is 0 Å². The van der Waals surface area contributed by atoms with Crippen LogP contribution in [0.5, 0.6) is 0 Å². The van der Waals surface area contributed by atoms with Crippen molar-refractivity contribution in [3.05, 3.63) is 47.9 Å². The van der Waals surface area contributed by atoms with Gasteiger partial charge in [-0.15, -0.1) is 0 Å². The SMILES string of the molecule is CCc1ccc(CNc2cccc(S(C)(=O)=O)c2)o1. The summed E-state index contributed by atoms with van der Waals surface area (Å²) in [4.78, 5) is 0.311. The molecule has 1 aromatic heterocycles. The fourth-order valence-electron chi connectivity index (χ4n) is 1.73. The fourth-order valence-corrected chi connectivity index (χ4v) is 2.40. The van der Waals surface area contributed by atoms with Crippen LogP contribution in [0.15, 0.2) is 45.7 Å². The lowest BCUT2D eigenvalue weighted by Gasteiger charge is -2.06. The molecule has 0 aliphatic rings. The summed E-state index contributed by atoms with van der Waals surface area (Å²) >= 11 is 0. The summed E-state index contributed by atoms with van der Waals surface area (Å²) < 4.78 is 28.5. The van der Waals surface area contributed by atoms with Crippen LogP contribution >= 0.6 is 0 Å². The molecule has 19 heavy (non-hydrogen) atoms. The number of nitrogens with one attached hydrogen (secondary N) is 1. The van der Waals surface area contributed by atoms with Crippen LogP contribution < -0.4 is 5.32 Å². The van der Waals surface area contributed by atoms with Gasteiger partial charge in [0.15, 0.2) is 9.84 Å². The molecule has 0 saturated carbocycles. The molecule has 1 heterocycles. The quantitative estimate of drug-likeness (QED) is 0.914. The summed E-state index contributed by atoms with van der Waals surface area (Å²) in [7, 11) is -3.17. The number of aryl methyl sites for hydroxylation is 1. The molecule has 0 radical (unpaired) electrons. The second kappa shape index (κ2) is 5.48. The monoisotopic (exact) mass is 279 g/mol. The molecule has 102 valence electrons. The van der Waals surface area contributed by atoms with Crippen molar-refractivity contribution < 1.29 is 12.8 Å². The fraction of sp³-hybridized carbons (Fsp3) is 0.286. The van der Waals surface area contributed by atoms with E-state index in [0.29, 0.717) is 11.4 Å². The summed E-state index contributed by atoms with van der Waals surface area (Å²) in [6.07, 6.45) is 2.07. The Balaban J connectivity index is 2.07. The largest absolute Gasteiger partial charge is 0.464 e. The first-order valence-corrected chi connectivity index (χ1v) is 8.00. The van der Waals surface area contributed by atoms with E-state index < -0.39 is 9.84 Å². The molecule has 0 bridgehead atoms. The average molecular weight is 279 g/mol. The molecule has 0 unspecified atom stereocenters. The van der Waals surface area contributed by atoms with E-state index in [-0.39, 0.29) is 0 Å². The zero-order chi connectivity index (χ0) is 13.9. The van der Waals surface area contributed by atoms with Crippen LogP contribution in [-0.2, 0) is 22.8 Å². The molecule has 0 spiro atoms. The van der Waals surface area contributed by atoms with E-state index >= 15 is 0 Å². The topological polar surface area (TPSA) is 59.3 Å². The predicted octanol–water partition coefficient (Wildman–Crippen LogP) is 2.86. The first-order valence-electron chi connectivity index (χ1n) is 6.10. The number of hydrogen-bond donors (Lipinski definition) is 1. The Morgan fingerprint density at radius 3 is 2.53 bits per heavy atom. The van der Waals surface area contributed by atoms with E-state index in [0.717, 1.165) is 23.6 Å². The summed E-state index contributed by atoms with van der Waals surface area (Å²) in [5, 5.41) is 3.15. The van der Waals surface area contributed by atoms with Crippen LogP contribution in [0.25, 0.3) is 0 Å².